The van der Waals surface area contributed by atoms with Gasteiger partial charge in [0.15, 0.2) is 6.29 Å². The lowest BCUT2D eigenvalue weighted by Gasteiger charge is -2.33. The molecule has 1 aliphatic heterocycles. The largest absolute Gasteiger partial charge is 0.298 e. The van der Waals surface area contributed by atoms with Crippen molar-refractivity contribution in [2.24, 2.45) is 4.99 Å². The number of carbonyl (C=O) groups is 1. The average molecular weight is 194 g/mol. The van der Waals surface area contributed by atoms with Crippen LogP contribution in [-0.2, 0) is 4.79 Å². The van der Waals surface area contributed by atoms with E-state index in [1.165, 1.54) is 0 Å². The number of hydrogen-bond donors (Lipinski definition) is 1. The van der Waals surface area contributed by atoms with Crippen molar-refractivity contribution >= 4 is 12.0 Å². The topological polar surface area (TPSA) is 41.5 Å². The van der Waals surface area contributed by atoms with Crippen molar-refractivity contribution in [2.75, 3.05) is 0 Å². The first-order valence-corrected chi connectivity index (χ1v) is 4.80. The molecule has 0 spiro atoms. The van der Waals surface area contributed by atoms with Gasteiger partial charge in [0.1, 0.15) is 0 Å². The summed E-state index contributed by atoms with van der Waals surface area (Å²) < 4.78 is 0. The van der Waals surface area contributed by atoms with Crippen LogP contribution in [0.2, 0.25) is 0 Å². The third-order valence-electron chi connectivity index (χ3n) is 2.25. The zero-order valence-corrected chi connectivity index (χ0v) is 9.51. The molecule has 0 bridgehead atoms. The fraction of sp³-hybridized carbons (Fsp3) is 0.636. The Morgan fingerprint density at radius 3 is 2.43 bits per heavy atom. The molecule has 1 N–H and O–H groups in total. The Morgan fingerprint density at radius 2 is 1.93 bits per heavy atom. The van der Waals surface area contributed by atoms with E-state index in [0.29, 0.717) is 5.71 Å². The van der Waals surface area contributed by atoms with Crippen molar-refractivity contribution in [3.8, 4) is 0 Å². The molecule has 0 saturated heterocycles. The maximum absolute atomic E-state index is 10.9. The quantitative estimate of drug-likeness (QED) is 0.645. The van der Waals surface area contributed by atoms with Gasteiger partial charge in [0.25, 0.3) is 0 Å². The van der Waals surface area contributed by atoms with Gasteiger partial charge in [-0.2, -0.15) is 0 Å². The normalized spacial score (nSPS) is 24.6. The molecule has 0 aliphatic carbocycles. The van der Waals surface area contributed by atoms with Gasteiger partial charge in [-0.15, -0.1) is 0 Å². The van der Waals surface area contributed by atoms with Crippen molar-refractivity contribution < 1.29 is 4.79 Å². The van der Waals surface area contributed by atoms with Crippen LogP contribution in [0.1, 0.15) is 34.6 Å². The van der Waals surface area contributed by atoms with E-state index in [4.69, 9.17) is 0 Å². The minimum atomic E-state index is -0.375. The Balaban J connectivity index is 3.17. The maximum atomic E-state index is 10.9. The molecule has 14 heavy (non-hydrogen) atoms. The van der Waals surface area contributed by atoms with Crippen molar-refractivity contribution in [2.45, 2.75) is 45.7 Å². The van der Waals surface area contributed by atoms with E-state index < -0.39 is 0 Å². The van der Waals surface area contributed by atoms with Crippen molar-refractivity contribution in [1.29, 1.82) is 0 Å². The van der Waals surface area contributed by atoms with Gasteiger partial charge in [-0.25, -0.2) is 0 Å². The molecule has 0 aromatic heterocycles. The summed E-state index contributed by atoms with van der Waals surface area (Å²) in [5, 5.41) is 3.39. The second-order valence-corrected chi connectivity index (χ2v) is 4.87. The summed E-state index contributed by atoms with van der Waals surface area (Å²) >= 11 is 0. The van der Waals surface area contributed by atoms with Crippen LogP contribution in [0.4, 0.5) is 0 Å². The molecule has 78 valence electrons. The summed E-state index contributed by atoms with van der Waals surface area (Å²) in [4.78, 5) is 15.2. The second-order valence-electron chi connectivity index (χ2n) is 4.87. The highest BCUT2D eigenvalue weighted by Crippen LogP contribution is 2.20. The van der Waals surface area contributed by atoms with Crippen LogP contribution < -0.4 is 5.32 Å². The Bertz CT molecular complexity index is 311. The van der Waals surface area contributed by atoms with Gasteiger partial charge < -0.3 is 0 Å². The number of rotatable bonds is 1. The molecule has 0 fully saturated rings. The molecule has 1 rings (SSSR count). The molecular formula is C11H18N2O. The molecule has 0 aromatic carbocycles. The van der Waals surface area contributed by atoms with Crippen LogP contribution in [0.3, 0.4) is 0 Å². The molecule has 0 aromatic rings. The summed E-state index contributed by atoms with van der Waals surface area (Å²) in [6.07, 6.45) is 2.86. The summed E-state index contributed by atoms with van der Waals surface area (Å²) in [5.41, 5.74) is 0.924. The van der Waals surface area contributed by atoms with E-state index >= 15 is 0 Å². The highest BCUT2D eigenvalue weighted by atomic mass is 16.1. The van der Waals surface area contributed by atoms with E-state index in [0.717, 1.165) is 12.0 Å². The first-order chi connectivity index (χ1) is 6.27. The van der Waals surface area contributed by atoms with Gasteiger partial charge in [-0.3, -0.25) is 15.1 Å². The number of hydrogen-bond acceptors (Lipinski definition) is 3. The zero-order chi connectivity index (χ0) is 11.0. The fourth-order valence-corrected chi connectivity index (χ4v) is 1.96. The number of nitrogens with zero attached hydrogens (tertiary/aromatic N) is 1. The molecule has 1 aliphatic rings. The van der Waals surface area contributed by atoms with Gasteiger partial charge in [-0.05, 0) is 40.7 Å². The van der Waals surface area contributed by atoms with Gasteiger partial charge in [0.2, 0.25) is 0 Å². The lowest BCUT2D eigenvalue weighted by molar-refractivity contribution is -0.103. The Hall–Kier alpha value is -0.960. The van der Waals surface area contributed by atoms with E-state index in [9.17, 15) is 4.79 Å². The molecule has 1 heterocycles. The Kier molecular flexibility index (Phi) is 2.63. The van der Waals surface area contributed by atoms with E-state index in [2.05, 4.69) is 24.2 Å². The monoisotopic (exact) mass is 194 g/mol. The second kappa shape index (κ2) is 3.31. The molecule has 0 atom stereocenters. The van der Waals surface area contributed by atoms with Crippen molar-refractivity contribution in [3.05, 3.63) is 11.8 Å². The summed E-state index contributed by atoms with van der Waals surface area (Å²) in [5.74, 6) is 0. The predicted molar refractivity (Wildman–Crippen MR) is 58.5 cm³/mol. The van der Waals surface area contributed by atoms with Crippen molar-refractivity contribution in [3.63, 3.8) is 0 Å². The van der Waals surface area contributed by atoms with Crippen LogP contribution in [-0.4, -0.2) is 23.1 Å². The average Bonchev–Trinajstić information content (AvgIpc) is 2.02. The molecule has 0 amide bonds. The minimum absolute atomic E-state index is 0.137. The van der Waals surface area contributed by atoms with E-state index in [1.807, 2.05) is 26.8 Å². The molecule has 0 radical (unpaired) electrons. The molecule has 3 heteroatoms. The maximum Gasteiger partial charge on any atom is 0.166 e. The fourth-order valence-electron chi connectivity index (χ4n) is 1.96. The number of nitrogens with one attached hydrogen (secondary N) is 1. The first kappa shape index (κ1) is 11.1. The number of allylic oxidation sites excluding steroid dienone is 1. The van der Waals surface area contributed by atoms with Crippen LogP contribution in [0.25, 0.3) is 0 Å². The van der Waals surface area contributed by atoms with Gasteiger partial charge in [0.05, 0.1) is 11.3 Å². The zero-order valence-electron chi connectivity index (χ0n) is 9.51. The molecular weight excluding hydrogens is 176 g/mol. The third kappa shape index (κ3) is 2.29. The van der Waals surface area contributed by atoms with Crippen LogP contribution in [0.15, 0.2) is 16.8 Å². The third-order valence-corrected chi connectivity index (χ3v) is 2.25. The van der Waals surface area contributed by atoms with Gasteiger partial charge in [0, 0.05) is 11.2 Å². The number of aliphatic imine (C=N–C) groups is 1. The molecule has 3 nitrogen and oxygen atoms in total. The minimum Gasteiger partial charge on any atom is -0.298 e. The highest BCUT2D eigenvalue weighted by Gasteiger charge is 2.32. The highest BCUT2D eigenvalue weighted by molar-refractivity contribution is 6.32. The smallest absolute Gasteiger partial charge is 0.166 e. The Labute approximate surface area is 85.3 Å². The molecule has 0 unspecified atom stereocenters. The van der Waals surface area contributed by atoms with Crippen molar-refractivity contribution in [1.82, 2.24) is 5.32 Å². The number of carbonyl (C=O) groups excluding carboxylic acids is 1. The van der Waals surface area contributed by atoms with Crippen LogP contribution >= 0.6 is 0 Å². The molecule has 0 saturated carbocycles. The summed E-state index contributed by atoms with van der Waals surface area (Å²) in [6.45, 7) is 9.99. The van der Waals surface area contributed by atoms with Gasteiger partial charge in [-0.1, -0.05) is 0 Å². The summed E-state index contributed by atoms with van der Waals surface area (Å²) in [6, 6.07) is 0. The van der Waals surface area contributed by atoms with E-state index in [-0.39, 0.29) is 11.1 Å². The SMILES string of the molecule is CC1=CC(C)(C)NC(C)(C)C(C=O)=N1. The van der Waals surface area contributed by atoms with E-state index in [1.54, 1.807) is 0 Å². The number of aldehydes is 1. The lowest BCUT2D eigenvalue weighted by atomic mass is 9.94. The standard InChI is InChI=1S/C11H18N2O/c1-8-6-10(2,3)13-11(4,5)9(7-14)12-8/h6-7,13H,1-5H3. The lowest BCUT2D eigenvalue weighted by Crippen LogP contribution is -2.55. The Morgan fingerprint density at radius 1 is 1.36 bits per heavy atom. The summed E-state index contributed by atoms with van der Waals surface area (Å²) in [7, 11) is 0. The predicted octanol–water partition coefficient (Wildman–Crippen LogP) is 1.69. The van der Waals surface area contributed by atoms with Crippen LogP contribution in [0, 0.1) is 0 Å². The van der Waals surface area contributed by atoms with Crippen LogP contribution in [0.5, 0.6) is 0 Å². The first-order valence-electron chi connectivity index (χ1n) is 4.80. The van der Waals surface area contributed by atoms with Gasteiger partial charge >= 0.3 is 0 Å².